The van der Waals surface area contributed by atoms with Gasteiger partial charge in [-0.1, -0.05) is 0 Å². The van der Waals surface area contributed by atoms with E-state index >= 15 is 0 Å². The number of hydrogen-bond donors (Lipinski definition) is 1. The predicted octanol–water partition coefficient (Wildman–Crippen LogP) is -1.02. The van der Waals surface area contributed by atoms with Gasteiger partial charge in [-0.15, -0.1) is 11.3 Å². The lowest BCUT2D eigenvalue weighted by Crippen LogP contribution is -2.29. The summed E-state index contributed by atoms with van der Waals surface area (Å²) in [5.41, 5.74) is 4.47. The van der Waals surface area contributed by atoms with Gasteiger partial charge in [-0.05, 0) is 27.9 Å². The Balaban J connectivity index is 2.41. The Hall–Kier alpha value is -1.96. The first-order chi connectivity index (χ1) is 7.18. The summed E-state index contributed by atoms with van der Waals surface area (Å²) < 4.78 is 2.04. The minimum atomic E-state index is -0.629. The molecule has 2 aromatic heterocycles. The van der Waals surface area contributed by atoms with Crippen LogP contribution in [0, 0.1) is 0 Å². The van der Waals surface area contributed by atoms with Crippen molar-refractivity contribution in [3.8, 4) is 5.00 Å². The summed E-state index contributed by atoms with van der Waals surface area (Å²) in [6.07, 6.45) is 0. The Kier molecular flexibility index (Phi) is 2.34. The molecule has 0 radical (unpaired) electrons. The molecule has 0 aliphatic heterocycles. The van der Waals surface area contributed by atoms with Crippen LogP contribution in [0.15, 0.2) is 22.3 Å². The number of primary amides is 1. The molecule has 8 heteroatoms. The monoisotopic (exact) mass is 225 g/mol. The highest BCUT2D eigenvalue weighted by molar-refractivity contribution is 7.12. The van der Waals surface area contributed by atoms with Crippen molar-refractivity contribution < 1.29 is 4.79 Å². The molecular formula is C7H7N5O2S. The predicted molar refractivity (Wildman–Crippen MR) is 52.7 cm³/mol. The van der Waals surface area contributed by atoms with Crippen LogP contribution in [0.2, 0.25) is 0 Å². The fourth-order valence-corrected chi connectivity index (χ4v) is 1.72. The summed E-state index contributed by atoms with van der Waals surface area (Å²) in [5, 5.41) is 9.63. The zero-order chi connectivity index (χ0) is 10.8. The van der Waals surface area contributed by atoms with Crippen LogP contribution in [0.3, 0.4) is 0 Å². The van der Waals surface area contributed by atoms with Crippen LogP contribution < -0.4 is 11.4 Å². The minimum Gasteiger partial charge on any atom is -0.368 e. The second-order valence-corrected chi connectivity index (χ2v) is 3.67. The molecule has 0 fully saturated rings. The van der Waals surface area contributed by atoms with Gasteiger partial charge in [-0.25, -0.2) is 4.79 Å². The number of thiophene rings is 1. The summed E-state index contributed by atoms with van der Waals surface area (Å²) >= 11 is 1.35. The van der Waals surface area contributed by atoms with Crippen LogP contribution in [-0.4, -0.2) is 25.7 Å². The van der Waals surface area contributed by atoms with Gasteiger partial charge in [0, 0.05) is 0 Å². The molecule has 2 rings (SSSR count). The average molecular weight is 225 g/mol. The summed E-state index contributed by atoms with van der Waals surface area (Å²) in [7, 11) is 0. The number of hydrogen-bond acceptors (Lipinski definition) is 5. The zero-order valence-corrected chi connectivity index (χ0v) is 8.35. The molecule has 0 saturated heterocycles. The van der Waals surface area contributed by atoms with Crippen LogP contribution >= 0.6 is 11.3 Å². The summed E-state index contributed by atoms with van der Waals surface area (Å²) in [5.74, 6) is -0.629. The molecule has 0 aromatic carbocycles. The van der Waals surface area contributed by atoms with Crippen molar-refractivity contribution in [2.24, 2.45) is 5.73 Å². The Morgan fingerprint density at radius 3 is 2.93 bits per heavy atom. The number of carbonyl (C=O) groups excluding carboxylic acids is 1. The number of aromatic nitrogens is 4. The van der Waals surface area contributed by atoms with E-state index in [2.05, 4.69) is 10.4 Å². The number of amides is 1. The van der Waals surface area contributed by atoms with Gasteiger partial charge in [0.2, 0.25) is 5.91 Å². The van der Waals surface area contributed by atoms with Gasteiger partial charge in [0.05, 0.1) is 0 Å². The van der Waals surface area contributed by atoms with E-state index in [1.807, 2.05) is 5.38 Å². The van der Waals surface area contributed by atoms with Crippen molar-refractivity contribution in [2.45, 2.75) is 6.54 Å². The molecule has 0 unspecified atom stereocenters. The number of nitrogens with zero attached hydrogens (tertiary/aromatic N) is 4. The van der Waals surface area contributed by atoms with Crippen molar-refractivity contribution in [1.82, 2.24) is 19.8 Å². The van der Waals surface area contributed by atoms with Gasteiger partial charge < -0.3 is 5.73 Å². The highest BCUT2D eigenvalue weighted by atomic mass is 32.1. The van der Waals surface area contributed by atoms with Crippen molar-refractivity contribution >= 4 is 17.2 Å². The summed E-state index contributed by atoms with van der Waals surface area (Å²) in [6, 6.07) is 3.52. The molecule has 1 amide bonds. The van der Waals surface area contributed by atoms with Gasteiger partial charge in [-0.2, -0.15) is 9.36 Å². The van der Waals surface area contributed by atoms with Gasteiger partial charge in [0.1, 0.15) is 11.5 Å². The molecule has 0 aliphatic carbocycles. The van der Waals surface area contributed by atoms with Gasteiger partial charge in [0.15, 0.2) is 0 Å². The van der Waals surface area contributed by atoms with Gasteiger partial charge in [0.25, 0.3) is 0 Å². The topological polar surface area (TPSA) is 95.8 Å². The lowest BCUT2D eigenvalue weighted by atomic mass is 10.6. The highest BCUT2D eigenvalue weighted by Gasteiger charge is 2.10. The Morgan fingerprint density at radius 2 is 2.33 bits per heavy atom. The molecule has 2 aromatic rings. The molecule has 0 aliphatic rings. The van der Waals surface area contributed by atoms with Crippen LogP contribution in [0.4, 0.5) is 0 Å². The van der Waals surface area contributed by atoms with Crippen LogP contribution in [0.1, 0.15) is 0 Å². The third kappa shape index (κ3) is 1.79. The van der Waals surface area contributed by atoms with E-state index in [1.54, 1.807) is 12.1 Å². The van der Waals surface area contributed by atoms with Crippen LogP contribution in [0.5, 0.6) is 0 Å². The summed E-state index contributed by atoms with van der Waals surface area (Å²) in [4.78, 5) is 22.2. The third-order valence-corrected chi connectivity index (χ3v) is 2.50. The second kappa shape index (κ2) is 3.65. The highest BCUT2D eigenvalue weighted by Crippen LogP contribution is 2.10. The maximum atomic E-state index is 11.6. The first-order valence-corrected chi connectivity index (χ1v) is 4.91. The van der Waals surface area contributed by atoms with Gasteiger partial charge >= 0.3 is 5.69 Å². The lowest BCUT2D eigenvalue weighted by molar-refractivity contribution is -0.118. The zero-order valence-electron chi connectivity index (χ0n) is 7.53. The Bertz CT molecular complexity index is 526. The number of nitrogens with two attached hydrogens (primary N) is 1. The number of rotatable bonds is 3. The first kappa shape index (κ1) is 9.59. The SMILES string of the molecule is NC(=O)Cn1nnn(-c2cccs2)c1=O. The molecule has 15 heavy (non-hydrogen) atoms. The molecule has 0 saturated carbocycles. The molecule has 2 N–H and O–H groups in total. The van der Waals surface area contributed by atoms with E-state index in [0.29, 0.717) is 5.00 Å². The molecule has 7 nitrogen and oxygen atoms in total. The van der Waals surface area contributed by atoms with Crippen LogP contribution in [-0.2, 0) is 11.3 Å². The third-order valence-electron chi connectivity index (χ3n) is 1.66. The van der Waals surface area contributed by atoms with Crippen molar-refractivity contribution in [1.29, 1.82) is 0 Å². The van der Waals surface area contributed by atoms with E-state index in [0.717, 1.165) is 9.36 Å². The van der Waals surface area contributed by atoms with Crippen molar-refractivity contribution in [3.05, 3.63) is 28.0 Å². The summed E-state index contributed by atoms with van der Waals surface area (Å²) in [6.45, 7) is -0.260. The first-order valence-electron chi connectivity index (χ1n) is 4.03. The maximum absolute atomic E-state index is 11.6. The Labute approximate surface area is 87.7 Å². The number of tetrazole rings is 1. The maximum Gasteiger partial charge on any atom is 0.369 e. The molecule has 0 spiro atoms. The van der Waals surface area contributed by atoms with E-state index in [-0.39, 0.29) is 6.54 Å². The van der Waals surface area contributed by atoms with Crippen molar-refractivity contribution in [2.75, 3.05) is 0 Å². The quantitative estimate of drug-likeness (QED) is 0.722. The number of carbonyl (C=O) groups is 1. The van der Waals surface area contributed by atoms with E-state index < -0.39 is 11.6 Å². The van der Waals surface area contributed by atoms with Crippen LogP contribution in [0.25, 0.3) is 5.00 Å². The smallest absolute Gasteiger partial charge is 0.368 e. The molecule has 2 heterocycles. The standard InChI is InChI=1S/C7H7N5O2S/c8-5(13)4-11-7(14)12(10-9-11)6-2-1-3-15-6/h1-3H,4H2,(H2,8,13). The molecule has 0 bridgehead atoms. The minimum absolute atomic E-state index is 0.260. The van der Waals surface area contributed by atoms with E-state index in [4.69, 9.17) is 5.73 Å². The fraction of sp³-hybridized carbons (Fsp3) is 0.143. The lowest BCUT2D eigenvalue weighted by Gasteiger charge is -1.91. The largest absolute Gasteiger partial charge is 0.369 e. The Morgan fingerprint density at radius 1 is 1.53 bits per heavy atom. The van der Waals surface area contributed by atoms with E-state index in [9.17, 15) is 9.59 Å². The second-order valence-electron chi connectivity index (χ2n) is 2.75. The fourth-order valence-electron chi connectivity index (χ4n) is 1.05. The molecular weight excluding hydrogens is 218 g/mol. The van der Waals surface area contributed by atoms with Gasteiger partial charge in [-0.3, -0.25) is 4.79 Å². The van der Waals surface area contributed by atoms with Crippen molar-refractivity contribution in [3.63, 3.8) is 0 Å². The van der Waals surface area contributed by atoms with E-state index in [1.165, 1.54) is 11.3 Å². The molecule has 0 atom stereocenters. The molecule has 78 valence electrons. The average Bonchev–Trinajstić information content (AvgIpc) is 2.76. The normalized spacial score (nSPS) is 10.4.